The number of fused-ring (bicyclic) bond motifs is 1. The fourth-order valence-corrected chi connectivity index (χ4v) is 4.75. The molecule has 1 amide bonds. The lowest BCUT2D eigenvalue weighted by atomic mass is 9.73. The summed E-state index contributed by atoms with van der Waals surface area (Å²) in [6.07, 6.45) is 3.87. The summed E-state index contributed by atoms with van der Waals surface area (Å²) in [6, 6.07) is 8.59. The van der Waals surface area contributed by atoms with E-state index >= 15 is 0 Å². The van der Waals surface area contributed by atoms with Crippen molar-refractivity contribution >= 4 is 17.8 Å². The van der Waals surface area contributed by atoms with Gasteiger partial charge in [-0.15, -0.1) is 4.72 Å². The zero-order valence-corrected chi connectivity index (χ0v) is 15.0. The Hall–Kier alpha value is -1.04. The second kappa shape index (κ2) is 6.11. The Balaban J connectivity index is 1.89. The SMILES string of the molecule is CC(C)(C)[S+]([O-])N[C@@H]1c2ccccc2CC12CCN(C=O)CC2. The number of piperidine rings is 1. The van der Waals surface area contributed by atoms with E-state index in [9.17, 15) is 9.35 Å². The maximum Gasteiger partial charge on any atom is 0.209 e. The van der Waals surface area contributed by atoms with Crippen molar-refractivity contribution in [1.82, 2.24) is 9.62 Å². The summed E-state index contributed by atoms with van der Waals surface area (Å²) >= 11 is -1.11. The molecule has 23 heavy (non-hydrogen) atoms. The highest BCUT2D eigenvalue weighted by molar-refractivity contribution is 7.90. The van der Waals surface area contributed by atoms with E-state index in [4.69, 9.17) is 0 Å². The van der Waals surface area contributed by atoms with E-state index in [1.54, 1.807) is 0 Å². The lowest BCUT2D eigenvalue weighted by molar-refractivity contribution is -0.120. The van der Waals surface area contributed by atoms with E-state index in [1.165, 1.54) is 11.1 Å². The van der Waals surface area contributed by atoms with Crippen LogP contribution in [0.25, 0.3) is 0 Å². The molecule has 126 valence electrons. The molecule has 0 saturated carbocycles. The monoisotopic (exact) mass is 334 g/mol. The van der Waals surface area contributed by atoms with Crippen molar-refractivity contribution in [3.8, 4) is 0 Å². The summed E-state index contributed by atoms with van der Waals surface area (Å²) < 4.78 is 15.9. The normalized spacial score (nSPS) is 24.5. The molecular weight excluding hydrogens is 308 g/mol. The molecule has 3 rings (SSSR count). The second-order valence-corrected chi connectivity index (χ2v) is 9.81. The fourth-order valence-electron chi connectivity index (χ4n) is 3.80. The van der Waals surface area contributed by atoms with Crippen LogP contribution in [-0.4, -0.2) is 33.7 Å². The van der Waals surface area contributed by atoms with Gasteiger partial charge in [0.1, 0.15) is 4.75 Å². The average Bonchev–Trinajstić information content (AvgIpc) is 2.81. The van der Waals surface area contributed by atoms with Crippen LogP contribution in [0.5, 0.6) is 0 Å². The molecule has 1 aliphatic carbocycles. The smallest absolute Gasteiger partial charge is 0.209 e. The molecule has 1 fully saturated rings. The highest BCUT2D eigenvalue weighted by atomic mass is 32.2. The van der Waals surface area contributed by atoms with E-state index in [2.05, 4.69) is 29.0 Å². The van der Waals surface area contributed by atoms with Crippen molar-refractivity contribution in [3.05, 3.63) is 35.4 Å². The maximum atomic E-state index is 12.7. The molecule has 1 unspecified atom stereocenters. The van der Waals surface area contributed by atoms with Gasteiger partial charge in [-0.2, -0.15) is 0 Å². The highest BCUT2D eigenvalue weighted by Crippen LogP contribution is 2.52. The summed E-state index contributed by atoms with van der Waals surface area (Å²) in [6.45, 7) is 7.57. The van der Waals surface area contributed by atoms with Crippen LogP contribution in [0.2, 0.25) is 0 Å². The van der Waals surface area contributed by atoms with Crippen molar-refractivity contribution in [1.29, 1.82) is 0 Å². The molecule has 2 atom stereocenters. The van der Waals surface area contributed by atoms with Gasteiger partial charge in [0.25, 0.3) is 0 Å². The summed E-state index contributed by atoms with van der Waals surface area (Å²) in [7, 11) is 0. The molecule has 5 heteroatoms. The van der Waals surface area contributed by atoms with Gasteiger partial charge in [0.15, 0.2) is 0 Å². The molecular formula is C18H26N2O2S. The Labute approximate surface area is 142 Å². The molecule has 1 N–H and O–H groups in total. The Kier molecular flexibility index (Phi) is 4.47. The molecule has 1 saturated heterocycles. The third-order valence-electron chi connectivity index (χ3n) is 5.24. The number of nitrogens with one attached hydrogen (secondary N) is 1. The van der Waals surface area contributed by atoms with Gasteiger partial charge in [0.2, 0.25) is 6.41 Å². The second-order valence-electron chi connectivity index (χ2n) is 7.81. The first-order valence-electron chi connectivity index (χ1n) is 8.31. The highest BCUT2D eigenvalue weighted by Gasteiger charge is 2.50. The van der Waals surface area contributed by atoms with Crippen LogP contribution in [0, 0.1) is 5.41 Å². The number of hydrogen-bond donors (Lipinski definition) is 1. The topological polar surface area (TPSA) is 55.4 Å². The van der Waals surface area contributed by atoms with Gasteiger partial charge in [0, 0.05) is 29.9 Å². The van der Waals surface area contributed by atoms with Crippen molar-refractivity contribution in [2.24, 2.45) is 5.41 Å². The molecule has 0 aromatic heterocycles. The molecule has 2 aliphatic rings. The maximum absolute atomic E-state index is 12.7. The van der Waals surface area contributed by atoms with Gasteiger partial charge in [-0.3, -0.25) is 4.79 Å². The molecule has 1 aromatic rings. The van der Waals surface area contributed by atoms with E-state index in [0.29, 0.717) is 0 Å². The number of amides is 1. The first kappa shape index (κ1) is 16.8. The van der Waals surface area contributed by atoms with Crippen LogP contribution >= 0.6 is 0 Å². The van der Waals surface area contributed by atoms with Crippen LogP contribution < -0.4 is 4.72 Å². The summed E-state index contributed by atoms with van der Waals surface area (Å²) in [5.41, 5.74) is 2.71. The Morgan fingerprint density at radius 1 is 1.30 bits per heavy atom. The Morgan fingerprint density at radius 3 is 2.57 bits per heavy atom. The largest absolute Gasteiger partial charge is 0.598 e. The number of carbonyl (C=O) groups excluding carboxylic acids is 1. The predicted molar refractivity (Wildman–Crippen MR) is 93.2 cm³/mol. The fraction of sp³-hybridized carbons (Fsp3) is 0.611. The van der Waals surface area contributed by atoms with E-state index in [-0.39, 0.29) is 16.2 Å². The number of nitrogens with zero attached hydrogens (tertiary/aromatic N) is 1. The van der Waals surface area contributed by atoms with Crippen LogP contribution in [0.1, 0.15) is 50.8 Å². The molecule has 1 aromatic carbocycles. The van der Waals surface area contributed by atoms with Crippen molar-refractivity contribution in [3.63, 3.8) is 0 Å². The molecule has 1 spiro atoms. The van der Waals surface area contributed by atoms with Gasteiger partial charge in [-0.05, 0) is 51.2 Å². The zero-order chi connectivity index (χ0) is 16.7. The molecule has 1 aliphatic heterocycles. The van der Waals surface area contributed by atoms with Gasteiger partial charge >= 0.3 is 0 Å². The van der Waals surface area contributed by atoms with Gasteiger partial charge in [-0.25, -0.2) is 0 Å². The molecule has 4 nitrogen and oxygen atoms in total. The summed E-state index contributed by atoms with van der Waals surface area (Å²) in [5.74, 6) is 0. The van der Waals surface area contributed by atoms with Crippen LogP contribution in [0.3, 0.4) is 0 Å². The summed E-state index contributed by atoms with van der Waals surface area (Å²) in [5, 5.41) is 0. The first-order chi connectivity index (χ1) is 10.9. The van der Waals surface area contributed by atoms with Gasteiger partial charge in [-0.1, -0.05) is 24.3 Å². The van der Waals surface area contributed by atoms with Gasteiger partial charge < -0.3 is 9.45 Å². The van der Waals surface area contributed by atoms with Crippen LogP contribution in [-0.2, 0) is 22.6 Å². The minimum absolute atomic E-state index is 0.0735. The van der Waals surface area contributed by atoms with Gasteiger partial charge in [0.05, 0.1) is 6.04 Å². The van der Waals surface area contributed by atoms with E-state index in [1.807, 2.05) is 25.7 Å². The Bertz CT molecular complexity index is 577. The third-order valence-corrected chi connectivity index (χ3v) is 6.81. The number of hydrogen-bond acceptors (Lipinski definition) is 3. The number of benzene rings is 1. The van der Waals surface area contributed by atoms with Crippen molar-refractivity contribution in [2.75, 3.05) is 13.1 Å². The lowest BCUT2D eigenvalue weighted by Crippen LogP contribution is -2.49. The number of carbonyl (C=O) groups is 1. The average molecular weight is 334 g/mol. The van der Waals surface area contributed by atoms with Crippen molar-refractivity contribution < 1.29 is 9.35 Å². The Morgan fingerprint density at radius 2 is 1.96 bits per heavy atom. The third kappa shape index (κ3) is 3.14. The van der Waals surface area contributed by atoms with E-state index in [0.717, 1.165) is 38.8 Å². The lowest BCUT2D eigenvalue weighted by Gasteiger charge is -2.43. The molecule has 0 radical (unpaired) electrons. The standard InChI is InChI=1S/C18H26N2O2S/c1-17(2,3)23(22)19-16-15-7-5-4-6-14(15)12-18(16)8-10-20(13-21)11-9-18/h4-7,13,16,19H,8-12H2,1-3H3/t16-,23?/m1/s1. The van der Waals surface area contributed by atoms with Crippen molar-refractivity contribution in [2.45, 2.75) is 50.8 Å². The zero-order valence-electron chi connectivity index (χ0n) is 14.2. The summed E-state index contributed by atoms with van der Waals surface area (Å²) in [4.78, 5) is 12.9. The minimum Gasteiger partial charge on any atom is -0.598 e. The molecule has 1 heterocycles. The van der Waals surface area contributed by atoms with Crippen LogP contribution in [0.4, 0.5) is 0 Å². The minimum atomic E-state index is -1.11. The molecule has 0 bridgehead atoms. The quantitative estimate of drug-likeness (QED) is 0.683. The number of rotatable bonds is 3. The predicted octanol–water partition coefficient (Wildman–Crippen LogP) is 2.57. The number of likely N-dealkylation sites (tertiary alicyclic amines) is 1. The van der Waals surface area contributed by atoms with E-state index < -0.39 is 11.4 Å². The first-order valence-corrected chi connectivity index (χ1v) is 9.46. The van der Waals surface area contributed by atoms with Crippen LogP contribution in [0.15, 0.2) is 24.3 Å².